The number of urea groups is 1. The SMILES string of the molecule is NC(=O)NN=C[C@@H]1CSCN1C(=O)[C@H]1NCSC1C(=O)C1Cc2ccccc2C1. The second-order valence-corrected chi connectivity index (χ2v) is 9.45. The van der Waals surface area contributed by atoms with Crippen LogP contribution < -0.4 is 16.5 Å². The van der Waals surface area contributed by atoms with E-state index in [0.717, 1.165) is 12.8 Å². The Morgan fingerprint density at radius 2 is 1.97 bits per heavy atom. The van der Waals surface area contributed by atoms with E-state index in [1.54, 1.807) is 16.7 Å². The Morgan fingerprint density at radius 1 is 1.24 bits per heavy atom. The molecular weight excluding hydrogens is 410 g/mol. The predicted octanol–water partition coefficient (Wildman–Crippen LogP) is 0.557. The summed E-state index contributed by atoms with van der Waals surface area (Å²) < 4.78 is 0. The van der Waals surface area contributed by atoms with Gasteiger partial charge in [-0.05, 0) is 24.0 Å². The van der Waals surface area contributed by atoms with Gasteiger partial charge in [0.15, 0.2) is 5.78 Å². The summed E-state index contributed by atoms with van der Waals surface area (Å²) in [7, 11) is 0. The zero-order valence-corrected chi connectivity index (χ0v) is 17.4. The molecule has 0 radical (unpaired) electrons. The number of nitrogens with one attached hydrogen (secondary N) is 2. The number of amides is 3. The smallest absolute Gasteiger partial charge is 0.332 e. The third-order valence-electron chi connectivity index (χ3n) is 5.49. The molecule has 1 aromatic rings. The molecule has 1 unspecified atom stereocenters. The molecule has 154 valence electrons. The molecule has 3 amide bonds. The number of ketones is 1. The number of fused-ring (bicyclic) bond motifs is 1. The van der Waals surface area contributed by atoms with Gasteiger partial charge in [-0.1, -0.05) is 24.3 Å². The van der Waals surface area contributed by atoms with Crippen LogP contribution in [0.3, 0.4) is 0 Å². The third kappa shape index (κ3) is 4.29. The minimum atomic E-state index is -0.748. The van der Waals surface area contributed by atoms with Gasteiger partial charge in [-0.25, -0.2) is 10.2 Å². The van der Waals surface area contributed by atoms with Crippen molar-refractivity contribution in [3.8, 4) is 0 Å². The first-order chi connectivity index (χ1) is 14.0. The number of benzene rings is 1. The molecule has 8 nitrogen and oxygen atoms in total. The molecule has 4 N–H and O–H groups in total. The van der Waals surface area contributed by atoms with Gasteiger partial charge in [0.05, 0.1) is 17.2 Å². The summed E-state index contributed by atoms with van der Waals surface area (Å²) in [6.07, 6.45) is 3.02. The molecule has 29 heavy (non-hydrogen) atoms. The molecule has 1 aromatic carbocycles. The maximum atomic E-state index is 13.2. The normalized spacial score (nSPS) is 26.8. The summed E-state index contributed by atoms with van der Waals surface area (Å²) in [5, 5.41) is 6.63. The van der Waals surface area contributed by atoms with Gasteiger partial charge < -0.3 is 10.6 Å². The van der Waals surface area contributed by atoms with Gasteiger partial charge >= 0.3 is 6.03 Å². The van der Waals surface area contributed by atoms with Gasteiger partial charge in [0.25, 0.3) is 0 Å². The van der Waals surface area contributed by atoms with Crippen LogP contribution in [0.5, 0.6) is 0 Å². The highest BCUT2D eigenvalue weighted by Crippen LogP contribution is 2.34. The molecule has 10 heteroatoms. The van der Waals surface area contributed by atoms with E-state index in [1.165, 1.54) is 29.1 Å². The molecule has 3 atom stereocenters. The first kappa shape index (κ1) is 20.2. The van der Waals surface area contributed by atoms with Gasteiger partial charge in [0, 0.05) is 23.8 Å². The third-order valence-corrected chi connectivity index (χ3v) is 7.73. The van der Waals surface area contributed by atoms with Gasteiger partial charge in [-0.15, -0.1) is 23.5 Å². The van der Waals surface area contributed by atoms with Gasteiger partial charge in [0.1, 0.15) is 6.04 Å². The minimum absolute atomic E-state index is 0.0646. The maximum absolute atomic E-state index is 13.2. The van der Waals surface area contributed by atoms with Crippen LogP contribution in [0.4, 0.5) is 4.79 Å². The van der Waals surface area contributed by atoms with Crippen molar-refractivity contribution < 1.29 is 14.4 Å². The molecule has 2 heterocycles. The standard InChI is InChI=1S/C19H23N5O3S2/c20-19(27)23-22-7-14-8-28-10-24(14)18(26)15-17(29-9-21-15)16(25)13-5-11-3-1-2-4-12(11)6-13/h1-4,7,13-15,17,21H,5-6,8-10H2,(H3,20,23,27)/t14-,15+,17?/m1/s1. The lowest BCUT2D eigenvalue weighted by Gasteiger charge is -2.27. The fourth-order valence-electron chi connectivity index (χ4n) is 4.06. The van der Waals surface area contributed by atoms with Crippen LogP contribution in [0, 0.1) is 5.92 Å². The van der Waals surface area contributed by atoms with Crippen molar-refractivity contribution in [1.82, 2.24) is 15.6 Å². The Bertz CT molecular complexity index is 824. The van der Waals surface area contributed by atoms with E-state index in [9.17, 15) is 14.4 Å². The topological polar surface area (TPSA) is 117 Å². The first-order valence-electron chi connectivity index (χ1n) is 9.47. The molecule has 2 saturated heterocycles. The molecule has 0 spiro atoms. The lowest BCUT2D eigenvalue weighted by molar-refractivity contribution is -0.135. The van der Waals surface area contributed by atoms with E-state index in [4.69, 9.17) is 5.73 Å². The molecule has 1 aliphatic carbocycles. The van der Waals surface area contributed by atoms with Crippen LogP contribution >= 0.6 is 23.5 Å². The number of hydrogen-bond acceptors (Lipinski definition) is 7. The summed E-state index contributed by atoms with van der Waals surface area (Å²) in [6.45, 7) is 0. The van der Waals surface area contributed by atoms with Crippen LogP contribution in [0.1, 0.15) is 11.1 Å². The van der Waals surface area contributed by atoms with Gasteiger partial charge in [-0.3, -0.25) is 14.9 Å². The van der Waals surface area contributed by atoms with E-state index in [0.29, 0.717) is 17.5 Å². The summed E-state index contributed by atoms with van der Waals surface area (Å²) >= 11 is 3.13. The van der Waals surface area contributed by atoms with E-state index in [2.05, 4.69) is 28.0 Å². The highest BCUT2D eigenvalue weighted by atomic mass is 32.2. The van der Waals surface area contributed by atoms with Crippen molar-refractivity contribution in [2.45, 2.75) is 30.2 Å². The fraction of sp³-hybridized carbons (Fsp3) is 0.474. The first-order valence-corrected chi connectivity index (χ1v) is 11.7. The van der Waals surface area contributed by atoms with Crippen molar-refractivity contribution in [3.05, 3.63) is 35.4 Å². The number of carbonyl (C=O) groups is 3. The lowest BCUT2D eigenvalue weighted by atomic mass is 9.94. The van der Waals surface area contributed by atoms with Crippen molar-refractivity contribution >= 4 is 47.5 Å². The summed E-state index contributed by atoms with van der Waals surface area (Å²) in [5.41, 5.74) is 9.65. The zero-order valence-electron chi connectivity index (χ0n) is 15.7. The number of nitrogens with zero attached hydrogens (tertiary/aromatic N) is 2. The van der Waals surface area contributed by atoms with Crippen molar-refractivity contribution in [1.29, 1.82) is 0 Å². The van der Waals surface area contributed by atoms with Crippen LogP contribution in [-0.2, 0) is 22.4 Å². The number of thioether (sulfide) groups is 2. The monoisotopic (exact) mass is 433 g/mol. The number of hydrazone groups is 1. The van der Waals surface area contributed by atoms with Crippen LogP contribution in [0.2, 0.25) is 0 Å². The second-order valence-electron chi connectivity index (χ2n) is 7.32. The number of hydrogen-bond donors (Lipinski definition) is 3. The average molecular weight is 434 g/mol. The number of rotatable bonds is 5. The number of Topliss-reactive ketones (excluding diaryl/α,β-unsaturated/α-hetero) is 1. The lowest BCUT2D eigenvalue weighted by Crippen LogP contribution is -2.52. The molecule has 0 saturated carbocycles. The zero-order chi connectivity index (χ0) is 20.4. The van der Waals surface area contributed by atoms with Crippen LogP contribution in [0.25, 0.3) is 0 Å². The molecule has 2 aliphatic heterocycles. The molecular formula is C19H23N5O3S2. The van der Waals surface area contributed by atoms with Gasteiger partial charge in [0.2, 0.25) is 5.91 Å². The Labute approximate surface area is 177 Å². The Hall–Kier alpha value is -2.04. The number of carbonyl (C=O) groups excluding carboxylic acids is 3. The molecule has 3 aliphatic rings. The van der Waals surface area contributed by atoms with Crippen molar-refractivity contribution in [2.24, 2.45) is 16.8 Å². The Morgan fingerprint density at radius 3 is 2.66 bits per heavy atom. The molecule has 0 bridgehead atoms. The minimum Gasteiger partial charge on any atom is -0.350 e. The van der Waals surface area contributed by atoms with Gasteiger partial charge in [-0.2, -0.15) is 5.10 Å². The largest absolute Gasteiger partial charge is 0.350 e. The number of nitrogens with two attached hydrogens (primary N) is 1. The summed E-state index contributed by atoms with van der Waals surface area (Å²) in [5.74, 6) is 1.79. The Kier molecular flexibility index (Phi) is 6.12. The van der Waals surface area contributed by atoms with Crippen LogP contribution in [0.15, 0.2) is 29.4 Å². The quantitative estimate of drug-likeness (QED) is 0.461. The highest BCUT2D eigenvalue weighted by Gasteiger charge is 2.45. The fourth-order valence-corrected chi connectivity index (χ4v) is 6.41. The van der Waals surface area contributed by atoms with E-state index in [1.807, 2.05) is 12.1 Å². The molecule has 4 rings (SSSR count). The molecule has 0 aromatic heterocycles. The average Bonchev–Trinajstić information content (AvgIpc) is 3.44. The second kappa shape index (κ2) is 8.76. The van der Waals surface area contributed by atoms with Crippen LogP contribution in [-0.4, -0.2) is 63.7 Å². The maximum Gasteiger partial charge on any atom is 0.332 e. The summed E-state index contributed by atoms with van der Waals surface area (Å²) in [6, 6.07) is 6.65. The summed E-state index contributed by atoms with van der Waals surface area (Å²) in [4.78, 5) is 39.0. The van der Waals surface area contributed by atoms with E-state index in [-0.39, 0.29) is 28.9 Å². The van der Waals surface area contributed by atoms with E-state index < -0.39 is 12.1 Å². The molecule has 2 fully saturated rings. The Balaban J connectivity index is 1.42. The predicted molar refractivity (Wildman–Crippen MR) is 115 cm³/mol. The van der Waals surface area contributed by atoms with E-state index >= 15 is 0 Å². The van der Waals surface area contributed by atoms with Crippen molar-refractivity contribution in [3.63, 3.8) is 0 Å². The number of primary amides is 1. The van der Waals surface area contributed by atoms with Crippen molar-refractivity contribution in [2.75, 3.05) is 17.5 Å². The highest BCUT2D eigenvalue weighted by molar-refractivity contribution is 8.01.